The smallest absolute Gasteiger partial charge is 0.248 e. The van der Waals surface area contributed by atoms with E-state index in [4.69, 9.17) is 13.9 Å². The number of ether oxygens (including phenoxy) is 2. The van der Waals surface area contributed by atoms with Crippen LogP contribution in [-0.4, -0.2) is 32.0 Å². The molecule has 0 atom stereocenters. The summed E-state index contributed by atoms with van der Waals surface area (Å²) in [6.45, 7) is 2.12. The van der Waals surface area contributed by atoms with Gasteiger partial charge in [-0.05, 0) is 25.1 Å². The minimum atomic E-state index is 0.312. The van der Waals surface area contributed by atoms with Crippen molar-refractivity contribution in [2.45, 2.75) is 13.5 Å². The van der Waals surface area contributed by atoms with Crippen LogP contribution in [0.2, 0.25) is 0 Å². The maximum absolute atomic E-state index is 5.73. The van der Waals surface area contributed by atoms with Crippen molar-refractivity contribution in [2.24, 2.45) is 0 Å². The number of fused-ring (bicyclic) bond motifs is 1. The van der Waals surface area contributed by atoms with Gasteiger partial charge in [0.1, 0.15) is 35.1 Å². The number of rotatable bonds is 5. The van der Waals surface area contributed by atoms with E-state index in [0.717, 1.165) is 5.69 Å². The summed E-state index contributed by atoms with van der Waals surface area (Å²) in [5.41, 5.74) is 2.41. The maximum Gasteiger partial charge on any atom is 0.248 e. The average Bonchev–Trinajstić information content (AvgIpc) is 3.10. The largest absolute Gasteiger partial charge is 0.495 e. The standard InChI is InChI=1S/C18H15N5O3/c1-11-19-6-5-15(22-11)18-23-16-7-14(9-21-17(16)26-18)25-10-12-3-4-13(24-2)8-20-12/h3-9H,10H2,1-2H3. The predicted molar refractivity (Wildman–Crippen MR) is 92.7 cm³/mol. The Morgan fingerprint density at radius 1 is 1.00 bits per heavy atom. The SMILES string of the molecule is COc1ccc(COc2cnc3oc(-c4ccnc(C)n4)nc3c2)nc1. The molecule has 4 rings (SSSR count). The molecule has 4 heterocycles. The second-order valence-electron chi connectivity index (χ2n) is 5.48. The summed E-state index contributed by atoms with van der Waals surface area (Å²) >= 11 is 0. The zero-order chi connectivity index (χ0) is 17.9. The zero-order valence-electron chi connectivity index (χ0n) is 14.2. The van der Waals surface area contributed by atoms with Crippen molar-refractivity contribution in [3.05, 3.63) is 54.4 Å². The number of hydrogen-bond donors (Lipinski definition) is 0. The monoisotopic (exact) mass is 349 g/mol. The summed E-state index contributed by atoms with van der Waals surface area (Å²) in [5, 5.41) is 0. The molecular formula is C18H15N5O3. The number of aromatic nitrogens is 5. The fourth-order valence-electron chi connectivity index (χ4n) is 2.34. The van der Waals surface area contributed by atoms with Crippen LogP contribution in [0.1, 0.15) is 11.5 Å². The Bertz CT molecular complexity index is 1050. The molecule has 0 fully saturated rings. The Morgan fingerprint density at radius 2 is 1.88 bits per heavy atom. The van der Waals surface area contributed by atoms with Crippen LogP contribution in [0.15, 0.2) is 47.3 Å². The van der Waals surface area contributed by atoms with E-state index in [1.165, 1.54) is 0 Å². The van der Waals surface area contributed by atoms with Crippen molar-refractivity contribution in [3.63, 3.8) is 0 Å². The highest BCUT2D eigenvalue weighted by Crippen LogP contribution is 2.24. The lowest BCUT2D eigenvalue weighted by molar-refractivity contribution is 0.300. The van der Waals surface area contributed by atoms with Gasteiger partial charge in [-0.1, -0.05) is 0 Å². The van der Waals surface area contributed by atoms with Crippen LogP contribution >= 0.6 is 0 Å². The number of hydrogen-bond acceptors (Lipinski definition) is 8. The number of oxazole rings is 1. The van der Waals surface area contributed by atoms with Gasteiger partial charge in [-0.3, -0.25) is 4.98 Å². The van der Waals surface area contributed by atoms with Crippen molar-refractivity contribution < 1.29 is 13.9 Å². The van der Waals surface area contributed by atoms with Crippen molar-refractivity contribution >= 4 is 11.2 Å². The molecule has 0 amide bonds. The van der Waals surface area contributed by atoms with Crippen molar-refractivity contribution in [1.82, 2.24) is 24.9 Å². The summed E-state index contributed by atoms with van der Waals surface area (Å²) in [6.07, 6.45) is 4.90. The van der Waals surface area contributed by atoms with Crippen LogP contribution < -0.4 is 9.47 Å². The Morgan fingerprint density at radius 3 is 2.65 bits per heavy atom. The Kier molecular flexibility index (Phi) is 4.14. The van der Waals surface area contributed by atoms with E-state index < -0.39 is 0 Å². The van der Waals surface area contributed by atoms with Crippen molar-refractivity contribution in [3.8, 4) is 23.1 Å². The van der Waals surface area contributed by atoms with E-state index in [1.807, 2.05) is 19.1 Å². The van der Waals surface area contributed by atoms with E-state index in [-0.39, 0.29) is 0 Å². The Balaban J connectivity index is 1.53. The van der Waals surface area contributed by atoms with E-state index >= 15 is 0 Å². The second kappa shape index (κ2) is 6.75. The molecule has 0 N–H and O–H groups in total. The first-order valence-electron chi connectivity index (χ1n) is 7.89. The molecule has 8 nitrogen and oxygen atoms in total. The second-order valence-corrected chi connectivity index (χ2v) is 5.48. The first-order chi connectivity index (χ1) is 12.7. The van der Waals surface area contributed by atoms with E-state index in [1.54, 1.807) is 37.8 Å². The van der Waals surface area contributed by atoms with Crippen molar-refractivity contribution in [1.29, 1.82) is 0 Å². The lowest BCUT2D eigenvalue weighted by atomic mass is 10.3. The van der Waals surface area contributed by atoms with Gasteiger partial charge >= 0.3 is 0 Å². The first kappa shape index (κ1) is 15.9. The van der Waals surface area contributed by atoms with E-state index in [2.05, 4.69) is 24.9 Å². The summed E-state index contributed by atoms with van der Waals surface area (Å²) < 4.78 is 16.5. The highest BCUT2D eigenvalue weighted by Gasteiger charge is 2.12. The van der Waals surface area contributed by atoms with Gasteiger partial charge < -0.3 is 13.9 Å². The quantitative estimate of drug-likeness (QED) is 0.542. The van der Waals surface area contributed by atoms with Gasteiger partial charge in [0.25, 0.3) is 0 Å². The van der Waals surface area contributed by atoms with Crippen LogP contribution in [0.25, 0.3) is 22.8 Å². The highest BCUT2D eigenvalue weighted by molar-refractivity contribution is 5.73. The molecule has 0 saturated carbocycles. The van der Waals surface area contributed by atoms with Crippen LogP contribution in [0.3, 0.4) is 0 Å². The summed E-state index contributed by atoms with van der Waals surface area (Å²) in [6, 6.07) is 7.19. The molecule has 0 aliphatic carbocycles. The molecule has 0 bridgehead atoms. The summed E-state index contributed by atoms with van der Waals surface area (Å²) in [5.74, 6) is 2.32. The lowest BCUT2D eigenvalue weighted by Crippen LogP contribution is -1.98. The molecule has 0 aromatic carbocycles. The molecule has 0 aliphatic rings. The minimum Gasteiger partial charge on any atom is -0.495 e. The van der Waals surface area contributed by atoms with Crippen LogP contribution in [0, 0.1) is 6.92 Å². The molecule has 26 heavy (non-hydrogen) atoms. The molecule has 4 aromatic heterocycles. The van der Waals surface area contributed by atoms with Crippen LogP contribution in [0.5, 0.6) is 11.5 Å². The van der Waals surface area contributed by atoms with Crippen LogP contribution in [-0.2, 0) is 6.61 Å². The number of nitrogens with zero attached hydrogens (tertiary/aromatic N) is 5. The topological polar surface area (TPSA) is 96.1 Å². The molecule has 0 unspecified atom stereocenters. The van der Waals surface area contributed by atoms with Gasteiger partial charge in [0, 0.05) is 12.3 Å². The molecule has 0 radical (unpaired) electrons. The highest BCUT2D eigenvalue weighted by atomic mass is 16.5. The van der Waals surface area contributed by atoms with Crippen molar-refractivity contribution in [2.75, 3.05) is 7.11 Å². The Hall–Kier alpha value is -3.55. The fraction of sp³-hybridized carbons (Fsp3) is 0.167. The molecule has 4 aromatic rings. The molecule has 0 spiro atoms. The van der Waals surface area contributed by atoms with Crippen LogP contribution in [0.4, 0.5) is 0 Å². The van der Waals surface area contributed by atoms with Gasteiger partial charge in [0.05, 0.1) is 25.2 Å². The van der Waals surface area contributed by atoms with Gasteiger partial charge in [-0.15, -0.1) is 0 Å². The lowest BCUT2D eigenvalue weighted by Gasteiger charge is -2.05. The van der Waals surface area contributed by atoms with E-state index in [9.17, 15) is 0 Å². The average molecular weight is 349 g/mol. The molecule has 8 heteroatoms. The third-order valence-electron chi connectivity index (χ3n) is 3.64. The van der Waals surface area contributed by atoms with Gasteiger partial charge in [0.2, 0.25) is 11.6 Å². The first-order valence-corrected chi connectivity index (χ1v) is 7.89. The molecule has 0 aliphatic heterocycles. The predicted octanol–water partition coefficient (Wildman–Crippen LogP) is 2.97. The minimum absolute atomic E-state index is 0.312. The molecular weight excluding hydrogens is 334 g/mol. The summed E-state index contributed by atoms with van der Waals surface area (Å²) in [7, 11) is 1.60. The molecule has 0 saturated heterocycles. The maximum atomic E-state index is 5.73. The fourth-order valence-corrected chi connectivity index (χ4v) is 2.34. The zero-order valence-corrected chi connectivity index (χ0v) is 14.2. The van der Waals surface area contributed by atoms with Gasteiger partial charge in [-0.2, -0.15) is 0 Å². The number of methoxy groups -OCH3 is 1. The van der Waals surface area contributed by atoms with Gasteiger partial charge in [-0.25, -0.2) is 19.9 Å². The van der Waals surface area contributed by atoms with E-state index in [0.29, 0.717) is 46.7 Å². The van der Waals surface area contributed by atoms with Gasteiger partial charge in [0.15, 0.2) is 0 Å². The Labute approximate surface area is 148 Å². The third kappa shape index (κ3) is 3.30. The number of aryl methyl sites for hydroxylation is 1. The normalized spacial score (nSPS) is 10.8. The number of pyridine rings is 2. The summed E-state index contributed by atoms with van der Waals surface area (Å²) in [4.78, 5) is 21.3. The third-order valence-corrected chi connectivity index (χ3v) is 3.64. The molecule has 130 valence electrons.